The van der Waals surface area contributed by atoms with E-state index in [1.54, 1.807) is 6.07 Å². The van der Waals surface area contributed by atoms with Gasteiger partial charge in [0.25, 0.3) is 0 Å². The second-order valence-corrected chi connectivity index (χ2v) is 5.62. The first-order chi connectivity index (χ1) is 8.91. The molecule has 0 aliphatic rings. The number of nitrogens with one attached hydrogen (secondary N) is 1. The SMILES string of the molecule is CC(N)C(C)C(=O)NCCCc1ccc(Cl)cc1Cl.Cl. The van der Waals surface area contributed by atoms with Crippen molar-refractivity contribution >= 4 is 41.5 Å². The molecule has 2 unspecified atom stereocenters. The predicted molar refractivity (Wildman–Crippen MR) is 87.9 cm³/mol. The molecule has 3 nitrogen and oxygen atoms in total. The smallest absolute Gasteiger partial charge is 0.224 e. The Kier molecular flexibility index (Phi) is 9.23. The summed E-state index contributed by atoms with van der Waals surface area (Å²) < 4.78 is 0. The molecule has 1 rings (SSSR count). The number of benzene rings is 1. The van der Waals surface area contributed by atoms with Crippen molar-refractivity contribution in [2.45, 2.75) is 32.7 Å². The Morgan fingerprint density at radius 1 is 1.35 bits per heavy atom. The van der Waals surface area contributed by atoms with Crippen LogP contribution in [0.4, 0.5) is 0 Å². The lowest BCUT2D eigenvalue weighted by molar-refractivity contribution is -0.124. The second kappa shape index (κ2) is 9.46. The van der Waals surface area contributed by atoms with Crippen LogP contribution in [0.25, 0.3) is 0 Å². The van der Waals surface area contributed by atoms with E-state index in [-0.39, 0.29) is 30.3 Å². The average Bonchev–Trinajstić information content (AvgIpc) is 2.35. The Labute approximate surface area is 136 Å². The number of amides is 1. The molecule has 0 aliphatic carbocycles. The lowest BCUT2D eigenvalue weighted by Crippen LogP contribution is -2.39. The highest BCUT2D eigenvalue weighted by Gasteiger charge is 2.15. The van der Waals surface area contributed by atoms with Gasteiger partial charge in [0.15, 0.2) is 0 Å². The third-order valence-corrected chi connectivity index (χ3v) is 3.73. The normalized spacial score (nSPS) is 13.2. The van der Waals surface area contributed by atoms with Crippen LogP contribution in [0.3, 0.4) is 0 Å². The van der Waals surface area contributed by atoms with Gasteiger partial charge in [0.05, 0.1) is 0 Å². The Balaban J connectivity index is 0.00000361. The molecule has 1 aromatic rings. The summed E-state index contributed by atoms with van der Waals surface area (Å²) in [7, 11) is 0. The molecule has 114 valence electrons. The minimum atomic E-state index is -0.167. The van der Waals surface area contributed by atoms with E-state index in [2.05, 4.69) is 5.32 Å². The van der Waals surface area contributed by atoms with Crippen molar-refractivity contribution in [3.63, 3.8) is 0 Å². The van der Waals surface area contributed by atoms with Gasteiger partial charge in [-0.1, -0.05) is 36.2 Å². The molecular weight excluding hydrogens is 319 g/mol. The Hall–Kier alpha value is -0.480. The fraction of sp³-hybridized carbons (Fsp3) is 0.500. The first kappa shape index (κ1) is 19.5. The minimum Gasteiger partial charge on any atom is -0.356 e. The monoisotopic (exact) mass is 338 g/mol. The molecule has 0 heterocycles. The van der Waals surface area contributed by atoms with Gasteiger partial charge in [-0.05, 0) is 37.5 Å². The molecule has 0 fully saturated rings. The van der Waals surface area contributed by atoms with Crippen LogP contribution in [0.5, 0.6) is 0 Å². The minimum absolute atomic E-state index is 0. The lowest BCUT2D eigenvalue weighted by Gasteiger charge is -2.15. The van der Waals surface area contributed by atoms with Crippen LogP contribution in [0.1, 0.15) is 25.8 Å². The van der Waals surface area contributed by atoms with Crippen LogP contribution in [0.15, 0.2) is 18.2 Å². The molecular formula is C14H21Cl3N2O. The molecule has 1 aromatic carbocycles. The molecule has 0 aromatic heterocycles. The number of hydrogen-bond acceptors (Lipinski definition) is 2. The third-order valence-electron chi connectivity index (χ3n) is 3.14. The zero-order valence-corrected chi connectivity index (χ0v) is 14.0. The molecule has 0 bridgehead atoms. The van der Waals surface area contributed by atoms with Crippen LogP contribution < -0.4 is 11.1 Å². The van der Waals surface area contributed by atoms with E-state index < -0.39 is 0 Å². The highest BCUT2D eigenvalue weighted by molar-refractivity contribution is 6.35. The van der Waals surface area contributed by atoms with E-state index in [0.29, 0.717) is 16.6 Å². The van der Waals surface area contributed by atoms with Crippen molar-refractivity contribution in [2.24, 2.45) is 11.7 Å². The number of halogens is 3. The number of carbonyl (C=O) groups excluding carboxylic acids is 1. The largest absolute Gasteiger partial charge is 0.356 e. The van der Waals surface area contributed by atoms with Gasteiger partial charge in [-0.2, -0.15) is 0 Å². The van der Waals surface area contributed by atoms with Crippen LogP contribution in [-0.4, -0.2) is 18.5 Å². The van der Waals surface area contributed by atoms with Crippen molar-refractivity contribution in [1.82, 2.24) is 5.32 Å². The van der Waals surface area contributed by atoms with E-state index in [1.165, 1.54) is 0 Å². The molecule has 2 atom stereocenters. The maximum absolute atomic E-state index is 11.7. The summed E-state index contributed by atoms with van der Waals surface area (Å²) >= 11 is 11.9. The summed E-state index contributed by atoms with van der Waals surface area (Å²) in [4.78, 5) is 11.7. The van der Waals surface area contributed by atoms with Gasteiger partial charge in [-0.25, -0.2) is 0 Å². The van der Waals surface area contributed by atoms with Gasteiger partial charge in [-0.3, -0.25) is 4.79 Å². The van der Waals surface area contributed by atoms with Crippen LogP contribution in [0.2, 0.25) is 10.0 Å². The number of nitrogens with two attached hydrogens (primary N) is 1. The first-order valence-corrected chi connectivity index (χ1v) is 7.14. The van der Waals surface area contributed by atoms with Crippen molar-refractivity contribution in [1.29, 1.82) is 0 Å². The van der Waals surface area contributed by atoms with Crippen molar-refractivity contribution in [3.05, 3.63) is 33.8 Å². The predicted octanol–water partition coefficient (Wildman–Crippen LogP) is 3.45. The van der Waals surface area contributed by atoms with Gasteiger partial charge in [0, 0.05) is 28.5 Å². The average molecular weight is 340 g/mol. The summed E-state index contributed by atoms with van der Waals surface area (Å²) in [6, 6.07) is 5.33. The number of aryl methyl sites for hydroxylation is 1. The van der Waals surface area contributed by atoms with E-state index in [1.807, 2.05) is 26.0 Å². The number of rotatable bonds is 6. The van der Waals surface area contributed by atoms with Crippen molar-refractivity contribution in [2.75, 3.05) is 6.54 Å². The van der Waals surface area contributed by atoms with Crippen molar-refractivity contribution < 1.29 is 4.79 Å². The van der Waals surface area contributed by atoms with Gasteiger partial charge in [-0.15, -0.1) is 12.4 Å². The summed E-state index contributed by atoms with van der Waals surface area (Å²) in [6.45, 7) is 4.28. The van der Waals surface area contributed by atoms with E-state index in [9.17, 15) is 4.79 Å². The van der Waals surface area contributed by atoms with E-state index in [4.69, 9.17) is 28.9 Å². The van der Waals surface area contributed by atoms with Crippen LogP contribution in [-0.2, 0) is 11.2 Å². The van der Waals surface area contributed by atoms with E-state index >= 15 is 0 Å². The summed E-state index contributed by atoms with van der Waals surface area (Å²) in [6.07, 6.45) is 1.64. The topological polar surface area (TPSA) is 55.1 Å². The molecule has 0 saturated heterocycles. The molecule has 0 radical (unpaired) electrons. The highest BCUT2D eigenvalue weighted by Crippen LogP contribution is 2.21. The summed E-state index contributed by atoms with van der Waals surface area (Å²) in [5.74, 6) is -0.170. The molecule has 3 N–H and O–H groups in total. The van der Waals surface area contributed by atoms with Crippen LogP contribution in [0, 0.1) is 5.92 Å². The van der Waals surface area contributed by atoms with Crippen molar-refractivity contribution in [3.8, 4) is 0 Å². The van der Waals surface area contributed by atoms with Gasteiger partial charge >= 0.3 is 0 Å². The lowest BCUT2D eigenvalue weighted by atomic mass is 10.0. The fourth-order valence-electron chi connectivity index (χ4n) is 1.61. The number of carbonyl (C=O) groups is 1. The van der Waals surface area contributed by atoms with Gasteiger partial charge < -0.3 is 11.1 Å². The fourth-order valence-corrected chi connectivity index (χ4v) is 2.12. The van der Waals surface area contributed by atoms with E-state index in [0.717, 1.165) is 18.4 Å². The van der Waals surface area contributed by atoms with Crippen LogP contribution >= 0.6 is 35.6 Å². The molecule has 20 heavy (non-hydrogen) atoms. The maximum Gasteiger partial charge on any atom is 0.224 e. The molecule has 6 heteroatoms. The highest BCUT2D eigenvalue weighted by atomic mass is 35.5. The Morgan fingerprint density at radius 2 is 2.00 bits per heavy atom. The zero-order valence-electron chi connectivity index (χ0n) is 11.7. The quantitative estimate of drug-likeness (QED) is 0.780. The molecule has 0 saturated carbocycles. The molecule has 1 amide bonds. The second-order valence-electron chi connectivity index (χ2n) is 4.78. The summed E-state index contributed by atoms with van der Waals surface area (Å²) in [5.41, 5.74) is 6.72. The zero-order chi connectivity index (χ0) is 14.4. The molecule has 0 spiro atoms. The first-order valence-electron chi connectivity index (χ1n) is 6.39. The Bertz CT molecular complexity index is 438. The maximum atomic E-state index is 11.7. The number of hydrogen-bond donors (Lipinski definition) is 2. The van der Waals surface area contributed by atoms with Gasteiger partial charge in [0.2, 0.25) is 5.91 Å². The summed E-state index contributed by atoms with van der Waals surface area (Å²) in [5, 5.41) is 4.18. The standard InChI is InChI=1S/C14H20Cl2N2O.ClH/c1-9(10(2)17)14(19)18-7-3-4-11-5-6-12(15)8-13(11)16;/h5-6,8-10H,3-4,7,17H2,1-2H3,(H,18,19);1H. The Morgan fingerprint density at radius 3 is 2.55 bits per heavy atom. The van der Waals surface area contributed by atoms with Gasteiger partial charge in [0.1, 0.15) is 0 Å². The third kappa shape index (κ3) is 6.31. The molecule has 0 aliphatic heterocycles.